The second-order valence-corrected chi connectivity index (χ2v) is 7.80. The van der Waals surface area contributed by atoms with Crippen molar-refractivity contribution in [1.29, 1.82) is 0 Å². The van der Waals surface area contributed by atoms with Gasteiger partial charge in [0, 0.05) is 49.9 Å². The molecule has 6 heteroatoms. The first-order valence-corrected chi connectivity index (χ1v) is 8.93. The minimum atomic E-state index is 0.122. The summed E-state index contributed by atoms with van der Waals surface area (Å²) in [6, 6.07) is 0. The van der Waals surface area contributed by atoms with Crippen LogP contribution in [0.3, 0.4) is 0 Å². The fourth-order valence-corrected chi connectivity index (χ4v) is 3.42. The molecule has 0 bridgehead atoms. The van der Waals surface area contributed by atoms with E-state index in [0.29, 0.717) is 13.0 Å². The van der Waals surface area contributed by atoms with E-state index in [0.717, 1.165) is 44.8 Å². The van der Waals surface area contributed by atoms with Crippen molar-refractivity contribution in [2.75, 3.05) is 32.7 Å². The van der Waals surface area contributed by atoms with E-state index in [-0.39, 0.29) is 11.3 Å². The minimum absolute atomic E-state index is 0.122. The molecule has 1 aliphatic rings. The lowest BCUT2D eigenvalue weighted by Crippen LogP contribution is -2.48. The lowest BCUT2D eigenvalue weighted by atomic mass is 9.98. The van der Waals surface area contributed by atoms with Crippen LogP contribution in [0.4, 0.5) is 0 Å². The van der Waals surface area contributed by atoms with Gasteiger partial charge in [0.2, 0.25) is 5.91 Å². The van der Waals surface area contributed by atoms with E-state index in [1.165, 1.54) is 5.01 Å². The zero-order valence-corrected chi connectivity index (χ0v) is 14.8. The first kappa shape index (κ1) is 17.4. The van der Waals surface area contributed by atoms with Crippen LogP contribution in [0.2, 0.25) is 0 Å². The number of rotatable bonds is 5. The summed E-state index contributed by atoms with van der Waals surface area (Å²) in [5.74, 6) is 0.244. The molecule has 124 valence electrons. The van der Waals surface area contributed by atoms with Crippen LogP contribution in [0.15, 0.2) is 5.38 Å². The number of aromatic nitrogens is 1. The highest BCUT2D eigenvalue weighted by Crippen LogP contribution is 2.26. The summed E-state index contributed by atoms with van der Waals surface area (Å²) in [4.78, 5) is 21.1. The molecule has 5 nitrogen and oxygen atoms in total. The van der Waals surface area contributed by atoms with Crippen molar-refractivity contribution in [3.63, 3.8) is 0 Å². The minimum Gasteiger partial charge on any atom is -0.340 e. The third-order valence-corrected chi connectivity index (χ3v) is 5.22. The molecule has 1 aliphatic heterocycles. The van der Waals surface area contributed by atoms with E-state index in [4.69, 9.17) is 10.7 Å². The Bertz CT molecular complexity index is 487. The molecule has 2 heterocycles. The number of nitrogens with two attached hydrogens (primary N) is 1. The molecule has 22 heavy (non-hydrogen) atoms. The van der Waals surface area contributed by atoms with Gasteiger partial charge in [-0.25, -0.2) is 4.98 Å². The van der Waals surface area contributed by atoms with Crippen LogP contribution in [0.25, 0.3) is 0 Å². The average molecular weight is 324 g/mol. The van der Waals surface area contributed by atoms with Gasteiger partial charge in [-0.15, -0.1) is 11.3 Å². The Hall–Kier alpha value is -0.980. The van der Waals surface area contributed by atoms with Gasteiger partial charge in [-0.3, -0.25) is 9.69 Å². The Labute approximate surface area is 137 Å². The maximum atomic E-state index is 12.0. The lowest BCUT2D eigenvalue weighted by molar-refractivity contribution is -0.133. The Morgan fingerprint density at radius 1 is 1.32 bits per heavy atom. The van der Waals surface area contributed by atoms with Gasteiger partial charge < -0.3 is 10.6 Å². The number of carbonyl (C=O) groups is 1. The number of hydrogen-bond donors (Lipinski definition) is 1. The van der Waals surface area contributed by atoms with Gasteiger partial charge >= 0.3 is 0 Å². The Morgan fingerprint density at radius 2 is 2.00 bits per heavy atom. The zero-order valence-electron chi connectivity index (χ0n) is 14.0. The molecule has 0 saturated carbocycles. The molecule has 2 N–H and O–H groups in total. The van der Waals surface area contributed by atoms with E-state index >= 15 is 0 Å². The lowest BCUT2D eigenvalue weighted by Gasteiger charge is -2.34. The monoisotopic (exact) mass is 324 g/mol. The average Bonchev–Trinajstić information content (AvgIpc) is 2.94. The molecule has 0 radical (unpaired) electrons. The van der Waals surface area contributed by atoms with Crippen molar-refractivity contribution in [1.82, 2.24) is 14.8 Å². The molecule has 0 spiro atoms. The number of piperazine rings is 1. The van der Waals surface area contributed by atoms with E-state index in [1.807, 2.05) is 4.90 Å². The van der Waals surface area contributed by atoms with Crippen molar-refractivity contribution in [3.8, 4) is 0 Å². The summed E-state index contributed by atoms with van der Waals surface area (Å²) in [7, 11) is 0. The van der Waals surface area contributed by atoms with Gasteiger partial charge in [0.1, 0.15) is 0 Å². The number of nitrogens with zero attached hydrogens (tertiary/aromatic N) is 3. The summed E-state index contributed by atoms with van der Waals surface area (Å²) in [6.07, 6.45) is 1.37. The van der Waals surface area contributed by atoms with Gasteiger partial charge in [-0.1, -0.05) is 20.8 Å². The Kier molecular flexibility index (Phi) is 5.94. The summed E-state index contributed by atoms with van der Waals surface area (Å²) < 4.78 is 0. The molecule has 0 aromatic carbocycles. The quantitative estimate of drug-likeness (QED) is 0.897. The molecule has 1 fully saturated rings. The number of carbonyl (C=O) groups excluding carboxylic acids is 1. The van der Waals surface area contributed by atoms with Crippen molar-refractivity contribution in [3.05, 3.63) is 16.1 Å². The highest BCUT2D eigenvalue weighted by atomic mass is 32.1. The maximum Gasteiger partial charge on any atom is 0.222 e. The molecule has 1 saturated heterocycles. The summed E-state index contributed by atoms with van der Waals surface area (Å²) in [5, 5.41) is 3.36. The van der Waals surface area contributed by atoms with Crippen LogP contribution >= 0.6 is 11.3 Å². The summed E-state index contributed by atoms with van der Waals surface area (Å²) in [5.41, 5.74) is 6.73. The van der Waals surface area contributed by atoms with Gasteiger partial charge in [0.25, 0.3) is 0 Å². The van der Waals surface area contributed by atoms with Crippen LogP contribution < -0.4 is 5.73 Å². The molecule has 1 amide bonds. The largest absolute Gasteiger partial charge is 0.340 e. The van der Waals surface area contributed by atoms with Gasteiger partial charge in [-0.05, 0) is 13.0 Å². The number of amides is 1. The molecular formula is C16H28N4OS. The predicted molar refractivity (Wildman–Crippen MR) is 91.0 cm³/mol. The molecule has 2 rings (SSSR count). The van der Waals surface area contributed by atoms with E-state index < -0.39 is 0 Å². The first-order chi connectivity index (χ1) is 10.4. The zero-order chi connectivity index (χ0) is 16.2. The maximum absolute atomic E-state index is 12.0. The molecule has 0 aliphatic carbocycles. The van der Waals surface area contributed by atoms with Gasteiger partial charge in [0.05, 0.1) is 10.7 Å². The van der Waals surface area contributed by atoms with Crippen molar-refractivity contribution in [2.24, 2.45) is 5.73 Å². The van der Waals surface area contributed by atoms with E-state index in [9.17, 15) is 4.79 Å². The van der Waals surface area contributed by atoms with Crippen molar-refractivity contribution in [2.45, 2.75) is 45.6 Å². The van der Waals surface area contributed by atoms with Crippen LogP contribution in [0, 0.1) is 0 Å². The summed E-state index contributed by atoms with van der Waals surface area (Å²) in [6.45, 7) is 11.6. The molecule has 1 aromatic heterocycles. The SMILES string of the molecule is CC(C)(C)c1nc(CN2CCN(C(=O)CCCN)CC2)cs1. The summed E-state index contributed by atoms with van der Waals surface area (Å²) >= 11 is 1.75. The molecule has 0 atom stereocenters. The topological polar surface area (TPSA) is 62.5 Å². The fraction of sp³-hybridized carbons (Fsp3) is 0.750. The van der Waals surface area contributed by atoms with Gasteiger partial charge in [-0.2, -0.15) is 0 Å². The standard InChI is InChI=1S/C16H28N4OS/c1-16(2,3)15-18-13(12-22-15)11-19-7-9-20(10-8-19)14(21)5-4-6-17/h12H,4-11,17H2,1-3H3. The number of hydrogen-bond acceptors (Lipinski definition) is 5. The van der Waals surface area contributed by atoms with Crippen molar-refractivity contribution < 1.29 is 4.79 Å². The Morgan fingerprint density at radius 3 is 2.55 bits per heavy atom. The van der Waals surface area contributed by atoms with Crippen LogP contribution in [0.5, 0.6) is 0 Å². The van der Waals surface area contributed by atoms with E-state index in [2.05, 4.69) is 31.1 Å². The molecular weight excluding hydrogens is 296 g/mol. The normalized spacial score (nSPS) is 17.0. The fourth-order valence-electron chi connectivity index (χ4n) is 2.52. The predicted octanol–water partition coefficient (Wildman–Crippen LogP) is 1.82. The second-order valence-electron chi connectivity index (χ2n) is 6.94. The van der Waals surface area contributed by atoms with Crippen LogP contribution in [-0.2, 0) is 16.8 Å². The highest BCUT2D eigenvalue weighted by molar-refractivity contribution is 7.09. The molecule has 1 aromatic rings. The van der Waals surface area contributed by atoms with Crippen LogP contribution in [0.1, 0.15) is 44.3 Å². The molecule has 0 unspecified atom stereocenters. The van der Waals surface area contributed by atoms with Crippen LogP contribution in [-0.4, -0.2) is 53.4 Å². The first-order valence-electron chi connectivity index (χ1n) is 8.05. The van der Waals surface area contributed by atoms with E-state index in [1.54, 1.807) is 11.3 Å². The van der Waals surface area contributed by atoms with Crippen molar-refractivity contribution >= 4 is 17.2 Å². The third-order valence-electron chi connectivity index (χ3n) is 3.90. The second kappa shape index (κ2) is 7.53. The smallest absolute Gasteiger partial charge is 0.222 e. The number of thiazole rings is 1. The highest BCUT2D eigenvalue weighted by Gasteiger charge is 2.22. The van der Waals surface area contributed by atoms with Gasteiger partial charge in [0.15, 0.2) is 0 Å². The third kappa shape index (κ3) is 4.76. The Balaban J connectivity index is 1.80.